The van der Waals surface area contributed by atoms with E-state index in [-0.39, 0.29) is 10.8 Å². The number of carbonyl (C=O) groups is 1. The third-order valence-electron chi connectivity index (χ3n) is 4.07. The van der Waals surface area contributed by atoms with E-state index in [2.05, 4.69) is 5.32 Å². The van der Waals surface area contributed by atoms with Crippen LogP contribution >= 0.6 is 0 Å². The second kappa shape index (κ2) is 7.80. The van der Waals surface area contributed by atoms with Gasteiger partial charge in [0.1, 0.15) is 0 Å². The van der Waals surface area contributed by atoms with E-state index in [9.17, 15) is 13.2 Å². The van der Waals surface area contributed by atoms with Gasteiger partial charge in [0.15, 0.2) is 0 Å². The van der Waals surface area contributed by atoms with Gasteiger partial charge in [-0.15, -0.1) is 0 Å². The zero-order chi connectivity index (χ0) is 18.6. The third kappa shape index (κ3) is 4.27. The van der Waals surface area contributed by atoms with Crippen molar-refractivity contribution in [3.8, 4) is 0 Å². The molecule has 1 N–H and O–H groups in total. The van der Waals surface area contributed by atoms with Gasteiger partial charge < -0.3 is 5.32 Å². The Kier molecular flexibility index (Phi) is 5.98. The van der Waals surface area contributed by atoms with Crippen LogP contribution in [0, 0.1) is 13.8 Å². The average Bonchev–Trinajstić information content (AvgIpc) is 2.58. The smallest absolute Gasteiger partial charge is 0.255 e. The molecule has 0 radical (unpaired) electrons. The first-order chi connectivity index (χ1) is 11.8. The summed E-state index contributed by atoms with van der Waals surface area (Å²) in [5, 5.41) is 2.79. The number of amides is 1. The number of anilines is 1. The Bertz CT molecular complexity index is 872. The van der Waals surface area contributed by atoms with E-state index in [4.69, 9.17) is 0 Å². The maximum absolute atomic E-state index is 12.6. The molecule has 2 aromatic carbocycles. The number of carbonyl (C=O) groups excluding carboxylic acids is 1. The van der Waals surface area contributed by atoms with Crippen LogP contribution in [-0.4, -0.2) is 31.7 Å². The molecule has 0 heterocycles. The van der Waals surface area contributed by atoms with Gasteiger partial charge >= 0.3 is 0 Å². The maximum Gasteiger partial charge on any atom is 0.255 e. The van der Waals surface area contributed by atoms with Crippen LogP contribution < -0.4 is 5.32 Å². The van der Waals surface area contributed by atoms with Crippen molar-refractivity contribution in [2.24, 2.45) is 0 Å². The summed E-state index contributed by atoms with van der Waals surface area (Å²) >= 11 is 0. The lowest BCUT2D eigenvalue weighted by Gasteiger charge is -2.19. The first kappa shape index (κ1) is 19.1. The summed E-state index contributed by atoms with van der Waals surface area (Å²) in [6.07, 6.45) is 0. The Labute approximate surface area is 149 Å². The van der Waals surface area contributed by atoms with Crippen LogP contribution in [-0.2, 0) is 10.0 Å². The molecule has 1 amide bonds. The highest BCUT2D eigenvalue weighted by atomic mass is 32.2. The molecule has 134 valence electrons. The second-order valence-electron chi connectivity index (χ2n) is 5.89. The molecule has 0 saturated heterocycles. The molecule has 0 aliphatic carbocycles. The lowest BCUT2D eigenvalue weighted by atomic mass is 10.1. The molecular weight excluding hydrogens is 336 g/mol. The highest BCUT2D eigenvalue weighted by molar-refractivity contribution is 7.89. The molecule has 0 fully saturated rings. The van der Waals surface area contributed by atoms with Gasteiger partial charge in [0.2, 0.25) is 10.0 Å². The van der Waals surface area contributed by atoms with Crippen LogP contribution in [0.15, 0.2) is 47.4 Å². The van der Waals surface area contributed by atoms with Crippen molar-refractivity contribution in [2.45, 2.75) is 32.6 Å². The van der Waals surface area contributed by atoms with Gasteiger partial charge in [-0.25, -0.2) is 8.42 Å². The summed E-state index contributed by atoms with van der Waals surface area (Å²) in [7, 11) is -3.56. The molecule has 5 nitrogen and oxygen atoms in total. The molecule has 6 heteroatoms. The average molecular weight is 360 g/mol. The van der Waals surface area contributed by atoms with Crippen molar-refractivity contribution in [3.63, 3.8) is 0 Å². The molecule has 25 heavy (non-hydrogen) atoms. The van der Waals surface area contributed by atoms with Crippen molar-refractivity contribution in [1.29, 1.82) is 0 Å². The highest BCUT2D eigenvalue weighted by Crippen LogP contribution is 2.20. The number of rotatable bonds is 6. The highest BCUT2D eigenvalue weighted by Gasteiger charge is 2.22. The Balaban J connectivity index is 2.30. The summed E-state index contributed by atoms with van der Waals surface area (Å²) in [4.78, 5) is 12.7. The van der Waals surface area contributed by atoms with Gasteiger partial charge in [-0.05, 0) is 43.7 Å². The lowest BCUT2D eigenvalue weighted by Crippen LogP contribution is -2.30. The topological polar surface area (TPSA) is 66.5 Å². The molecule has 0 aliphatic heterocycles. The van der Waals surface area contributed by atoms with E-state index < -0.39 is 10.0 Å². The summed E-state index contributed by atoms with van der Waals surface area (Å²) in [6.45, 7) is 8.19. The fourth-order valence-corrected chi connectivity index (χ4v) is 4.13. The Morgan fingerprint density at radius 1 is 1.04 bits per heavy atom. The Morgan fingerprint density at radius 3 is 2.36 bits per heavy atom. The largest absolute Gasteiger partial charge is 0.322 e. The van der Waals surface area contributed by atoms with Crippen molar-refractivity contribution in [3.05, 3.63) is 59.2 Å². The molecule has 0 bridgehead atoms. The van der Waals surface area contributed by atoms with E-state index in [0.29, 0.717) is 24.3 Å². The first-order valence-corrected chi connectivity index (χ1v) is 9.72. The standard InChI is InChI=1S/C19H24N2O3S/c1-5-21(6-2)25(23,24)17-9-7-8-16(13-17)20-19(22)18-12-14(3)10-11-15(18)4/h7-13H,5-6H2,1-4H3,(H,20,22). The monoisotopic (exact) mass is 360 g/mol. The van der Waals surface area contributed by atoms with Gasteiger partial charge in [0.05, 0.1) is 4.90 Å². The van der Waals surface area contributed by atoms with Crippen molar-refractivity contribution >= 4 is 21.6 Å². The van der Waals surface area contributed by atoms with Crippen LogP contribution in [0.5, 0.6) is 0 Å². The van der Waals surface area contributed by atoms with Gasteiger partial charge in [0, 0.05) is 24.3 Å². The van der Waals surface area contributed by atoms with Crippen LogP contribution in [0.25, 0.3) is 0 Å². The maximum atomic E-state index is 12.6. The summed E-state index contributed by atoms with van der Waals surface area (Å²) in [5.41, 5.74) is 2.90. The van der Waals surface area contributed by atoms with Crippen LogP contribution in [0.2, 0.25) is 0 Å². The van der Waals surface area contributed by atoms with Crippen LogP contribution in [0.1, 0.15) is 35.3 Å². The molecule has 0 aromatic heterocycles. The number of aryl methyl sites for hydroxylation is 2. The lowest BCUT2D eigenvalue weighted by molar-refractivity contribution is 0.102. The Morgan fingerprint density at radius 2 is 1.72 bits per heavy atom. The van der Waals surface area contributed by atoms with Crippen molar-refractivity contribution < 1.29 is 13.2 Å². The van der Waals surface area contributed by atoms with Crippen LogP contribution in [0.3, 0.4) is 0 Å². The Hall–Kier alpha value is -2.18. The molecule has 2 rings (SSSR count). The van der Waals surface area contributed by atoms with E-state index in [1.165, 1.54) is 10.4 Å². The predicted octanol–water partition coefficient (Wildman–Crippen LogP) is 3.59. The second-order valence-corrected chi connectivity index (χ2v) is 7.83. The predicted molar refractivity (Wildman–Crippen MR) is 100 cm³/mol. The van der Waals surface area contributed by atoms with E-state index in [0.717, 1.165) is 11.1 Å². The minimum Gasteiger partial charge on any atom is -0.322 e. The minimum atomic E-state index is -3.56. The van der Waals surface area contributed by atoms with Crippen molar-refractivity contribution in [1.82, 2.24) is 4.31 Å². The van der Waals surface area contributed by atoms with E-state index >= 15 is 0 Å². The van der Waals surface area contributed by atoms with E-state index in [1.54, 1.807) is 32.0 Å². The number of hydrogen-bond donors (Lipinski definition) is 1. The zero-order valence-electron chi connectivity index (χ0n) is 15.0. The SMILES string of the molecule is CCN(CC)S(=O)(=O)c1cccc(NC(=O)c2cc(C)ccc2C)c1. The van der Waals surface area contributed by atoms with Gasteiger partial charge in [-0.1, -0.05) is 37.6 Å². The fourth-order valence-electron chi connectivity index (χ4n) is 2.63. The van der Waals surface area contributed by atoms with E-state index in [1.807, 2.05) is 32.0 Å². The van der Waals surface area contributed by atoms with Gasteiger partial charge in [-0.2, -0.15) is 4.31 Å². The summed E-state index contributed by atoms with van der Waals surface area (Å²) in [5.74, 6) is -0.251. The first-order valence-electron chi connectivity index (χ1n) is 8.28. The summed E-state index contributed by atoms with van der Waals surface area (Å²) in [6, 6.07) is 12.0. The summed E-state index contributed by atoms with van der Waals surface area (Å²) < 4.78 is 26.6. The van der Waals surface area contributed by atoms with Crippen LogP contribution in [0.4, 0.5) is 5.69 Å². The minimum absolute atomic E-state index is 0.176. The number of sulfonamides is 1. The van der Waals surface area contributed by atoms with Gasteiger partial charge in [-0.3, -0.25) is 4.79 Å². The number of hydrogen-bond acceptors (Lipinski definition) is 3. The molecular formula is C19H24N2O3S. The zero-order valence-corrected chi connectivity index (χ0v) is 15.9. The number of nitrogens with one attached hydrogen (secondary N) is 1. The molecule has 0 spiro atoms. The molecule has 0 unspecified atom stereocenters. The molecule has 0 aliphatic rings. The van der Waals surface area contributed by atoms with Gasteiger partial charge in [0.25, 0.3) is 5.91 Å². The molecule has 0 saturated carbocycles. The quantitative estimate of drug-likeness (QED) is 0.856. The van der Waals surface area contributed by atoms with Crippen molar-refractivity contribution in [2.75, 3.05) is 18.4 Å². The number of benzene rings is 2. The molecule has 2 aromatic rings. The third-order valence-corrected chi connectivity index (χ3v) is 6.12. The number of nitrogens with zero attached hydrogens (tertiary/aromatic N) is 1. The fraction of sp³-hybridized carbons (Fsp3) is 0.316. The molecule has 0 atom stereocenters. The normalized spacial score (nSPS) is 11.6.